The third-order valence-corrected chi connectivity index (χ3v) is 5.09. The van der Waals surface area contributed by atoms with Crippen molar-refractivity contribution in [2.24, 2.45) is 0 Å². The summed E-state index contributed by atoms with van der Waals surface area (Å²) in [5, 5.41) is 2.87. The number of nitrogens with zero attached hydrogens (tertiary/aromatic N) is 2. The number of esters is 1. The van der Waals surface area contributed by atoms with Crippen LogP contribution in [-0.2, 0) is 16.1 Å². The van der Waals surface area contributed by atoms with Crippen molar-refractivity contribution < 1.29 is 19.1 Å². The molecule has 1 fully saturated rings. The number of methoxy groups -OCH3 is 1. The third kappa shape index (κ3) is 6.94. The summed E-state index contributed by atoms with van der Waals surface area (Å²) in [6.45, 7) is 6.60. The number of hydrogen-bond acceptors (Lipinski definition) is 6. The minimum absolute atomic E-state index is 0.227. The fourth-order valence-corrected chi connectivity index (χ4v) is 3.34. The molecule has 1 aliphatic rings. The Morgan fingerprint density at radius 2 is 1.74 bits per heavy atom. The van der Waals surface area contributed by atoms with Gasteiger partial charge < -0.3 is 19.7 Å². The van der Waals surface area contributed by atoms with Crippen molar-refractivity contribution in [3.05, 3.63) is 59.7 Å². The van der Waals surface area contributed by atoms with E-state index >= 15 is 0 Å². The van der Waals surface area contributed by atoms with E-state index in [9.17, 15) is 9.59 Å². The van der Waals surface area contributed by atoms with Crippen molar-refractivity contribution >= 4 is 23.6 Å². The van der Waals surface area contributed by atoms with Gasteiger partial charge in [-0.15, -0.1) is 0 Å². The second kappa shape index (κ2) is 10.7. The second-order valence-electron chi connectivity index (χ2n) is 7.60. The van der Waals surface area contributed by atoms with Gasteiger partial charge in [0, 0.05) is 51.4 Å². The van der Waals surface area contributed by atoms with E-state index in [2.05, 4.69) is 34.3 Å². The van der Waals surface area contributed by atoms with Gasteiger partial charge in [0.15, 0.2) is 11.5 Å². The molecular weight excluding hydrogens is 394 g/mol. The molecule has 0 unspecified atom stereocenters. The zero-order chi connectivity index (χ0) is 22.2. The number of hydrogen-bond donors (Lipinski definition) is 1. The molecule has 7 nitrogen and oxygen atoms in total. The first kappa shape index (κ1) is 22.5. The summed E-state index contributed by atoms with van der Waals surface area (Å²) in [4.78, 5) is 28.2. The molecule has 2 aromatic carbocycles. The van der Waals surface area contributed by atoms with Crippen molar-refractivity contribution in [3.8, 4) is 11.5 Å². The zero-order valence-electron chi connectivity index (χ0n) is 18.3. The number of amides is 1. The number of benzene rings is 2. The third-order valence-electron chi connectivity index (χ3n) is 5.09. The van der Waals surface area contributed by atoms with Gasteiger partial charge in [-0.25, -0.2) is 0 Å². The summed E-state index contributed by atoms with van der Waals surface area (Å²) in [6.07, 6.45) is 3.13. The van der Waals surface area contributed by atoms with Crippen LogP contribution < -0.4 is 14.8 Å². The maximum absolute atomic E-state index is 12.3. The average Bonchev–Trinajstić information content (AvgIpc) is 2.75. The van der Waals surface area contributed by atoms with E-state index in [0.29, 0.717) is 11.5 Å². The first-order chi connectivity index (χ1) is 14.9. The fraction of sp³-hybridized carbons (Fsp3) is 0.333. The zero-order valence-corrected chi connectivity index (χ0v) is 18.3. The van der Waals surface area contributed by atoms with Crippen LogP contribution in [-0.4, -0.2) is 62.0 Å². The second-order valence-corrected chi connectivity index (χ2v) is 7.60. The van der Waals surface area contributed by atoms with Crippen LogP contribution in [0.25, 0.3) is 6.08 Å². The Morgan fingerprint density at radius 3 is 2.39 bits per heavy atom. The van der Waals surface area contributed by atoms with E-state index in [-0.39, 0.29) is 5.91 Å². The van der Waals surface area contributed by atoms with E-state index < -0.39 is 5.97 Å². The van der Waals surface area contributed by atoms with E-state index in [1.165, 1.54) is 25.7 Å². The molecule has 31 heavy (non-hydrogen) atoms. The molecule has 7 heteroatoms. The number of piperazine rings is 1. The van der Waals surface area contributed by atoms with Gasteiger partial charge in [0.2, 0.25) is 5.91 Å². The van der Waals surface area contributed by atoms with E-state index in [1.54, 1.807) is 24.3 Å². The van der Waals surface area contributed by atoms with Gasteiger partial charge in [-0.3, -0.25) is 14.5 Å². The Bertz CT molecular complexity index is 932. The SMILES string of the molecule is COc1cc(/C=C/C(=O)Nc2ccc(CN3CCN(C)CC3)cc2)ccc1OC(C)=O. The highest BCUT2D eigenvalue weighted by molar-refractivity contribution is 6.01. The van der Waals surface area contributed by atoms with Crippen LogP contribution >= 0.6 is 0 Å². The number of anilines is 1. The Hall–Kier alpha value is -3.16. The maximum Gasteiger partial charge on any atom is 0.308 e. The highest BCUT2D eigenvalue weighted by Crippen LogP contribution is 2.28. The molecule has 2 aromatic rings. The molecule has 0 atom stereocenters. The van der Waals surface area contributed by atoms with E-state index in [1.807, 2.05) is 12.1 Å². The Morgan fingerprint density at radius 1 is 1.03 bits per heavy atom. The van der Waals surface area contributed by atoms with Crippen LogP contribution in [0.1, 0.15) is 18.1 Å². The molecule has 1 amide bonds. The summed E-state index contributed by atoms with van der Waals surface area (Å²) in [5.74, 6) is 0.118. The highest BCUT2D eigenvalue weighted by atomic mass is 16.6. The predicted molar refractivity (Wildman–Crippen MR) is 121 cm³/mol. The predicted octanol–water partition coefficient (Wildman–Crippen LogP) is 3.02. The van der Waals surface area contributed by atoms with Crippen molar-refractivity contribution in [3.63, 3.8) is 0 Å². The van der Waals surface area contributed by atoms with Gasteiger partial charge in [-0.2, -0.15) is 0 Å². The highest BCUT2D eigenvalue weighted by Gasteiger charge is 2.13. The van der Waals surface area contributed by atoms with Crippen LogP contribution in [0, 0.1) is 0 Å². The van der Waals surface area contributed by atoms with Gasteiger partial charge in [-0.1, -0.05) is 18.2 Å². The Balaban J connectivity index is 1.54. The van der Waals surface area contributed by atoms with Gasteiger partial charge in [0.25, 0.3) is 0 Å². The summed E-state index contributed by atoms with van der Waals surface area (Å²) >= 11 is 0. The molecule has 164 valence electrons. The van der Waals surface area contributed by atoms with Crippen LogP contribution in [0.2, 0.25) is 0 Å². The molecular formula is C24H29N3O4. The first-order valence-electron chi connectivity index (χ1n) is 10.3. The lowest BCUT2D eigenvalue weighted by atomic mass is 10.1. The van der Waals surface area contributed by atoms with Gasteiger partial charge in [-0.05, 0) is 48.5 Å². The molecule has 1 N–H and O–H groups in total. The van der Waals surface area contributed by atoms with E-state index in [0.717, 1.165) is 44.0 Å². The van der Waals surface area contributed by atoms with E-state index in [4.69, 9.17) is 9.47 Å². The lowest BCUT2D eigenvalue weighted by Gasteiger charge is -2.32. The van der Waals surface area contributed by atoms with Crippen LogP contribution in [0.3, 0.4) is 0 Å². The fourth-order valence-electron chi connectivity index (χ4n) is 3.34. The van der Waals surface area contributed by atoms with Crippen molar-refractivity contribution in [1.29, 1.82) is 0 Å². The molecule has 0 aliphatic carbocycles. The normalized spacial score (nSPS) is 15.1. The maximum atomic E-state index is 12.3. The lowest BCUT2D eigenvalue weighted by Crippen LogP contribution is -2.43. The molecule has 0 spiro atoms. The van der Waals surface area contributed by atoms with Crippen molar-refractivity contribution in [2.45, 2.75) is 13.5 Å². The molecule has 3 rings (SSSR count). The number of carbonyl (C=O) groups is 2. The van der Waals surface area contributed by atoms with Crippen LogP contribution in [0.4, 0.5) is 5.69 Å². The monoisotopic (exact) mass is 423 g/mol. The van der Waals surface area contributed by atoms with Crippen LogP contribution in [0.5, 0.6) is 11.5 Å². The Kier molecular flexibility index (Phi) is 7.81. The van der Waals surface area contributed by atoms with Crippen molar-refractivity contribution in [2.75, 3.05) is 45.7 Å². The lowest BCUT2D eigenvalue weighted by molar-refractivity contribution is -0.132. The summed E-state index contributed by atoms with van der Waals surface area (Å²) < 4.78 is 10.3. The number of rotatable bonds is 7. The summed E-state index contributed by atoms with van der Waals surface area (Å²) in [5.41, 5.74) is 2.74. The molecule has 0 radical (unpaired) electrons. The first-order valence-corrected chi connectivity index (χ1v) is 10.3. The largest absolute Gasteiger partial charge is 0.493 e. The molecule has 0 aromatic heterocycles. The van der Waals surface area contributed by atoms with Gasteiger partial charge in [0.05, 0.1) is 7.11 Å². The number of carbonyl (C=O) groups excluding carboxylic acids is 2. The molecule has 1 saturated heterocycles. The Labute approximate surface area is 183 Å². The average molecular weight is 424 g/mol. The van der Waals surface area contributed by atoms with Gasteiger partial charge >= 0.3 is 5.97 Å². The molecule has 0 saturated carbocycles. The number of likely N-dealkylation sites (N-methyl/N-ethyl adjacent to an activating group) is 1. The van der Waals surface area contributed by atoms with Crippen molar-refractivity contribution in [1.82, 2.24) is 9.80 Å². The minimum Gasteiger partial charge on any atom is -0.493 e. The minimum atomic E-state index is -0.421. The summed E-state index contributed by atoms with van der Waals surface area (Å²) in [6, 6.07) is 13.0. The summed E-state index contributed by atoms with van der Waals surface area (Å²) in [7, 11) is 3.65. The standard InChI is InChI=1S/C24H29N3O4/c1-18(28)31-22-10-6-19(16-23(22)30-3)7-11-24(29)25-21-8-4-20(5-9-21)17-27-14-12-26(2)13-15-27/h4-11,16H,12-15,17H2,1-3H3,(H,25,29)/b11-7+. The molecule has 1 aliphatic heterocycles. The number of ether oxygens (including phenoxy) is 2. The topological polar surface area (TPSA) is 71.1 Å². The molecule has 0 bridgehead atoms. The number of nitrogens with one attached hydrogen (secondary N) is 1. The molecule has 1 heterocycles. The smallest absolute Gasteiger partial charge is 0.308 e. The quantitative estimate of drug-likeness (QED) is 0.419. The van der Waals surface area contributed by atoms with Gasteiger partial charge in [0.1, 0.15) is 0 Å². The van der Waals surface area contributed by atoms with Crippen LogP contribution in [0.15, 0.2) is 48.5 Å².